The average Bonchev–Trinajstić information content (AvgIpc) is 2.45. The molecule has 2 amide bonds. The number of nitrogens with zero attached hydrogens (tertiary/aromatic N) is 1. The highest BCUT2D eigenvalue weighted by molar-refractivity contribution is 5.74. The Balaban J connectivity index is 2.53. The first-order valence-corrected chi connectivity index (χ1v) is 6.82. The van der Waals surface area contributed by atoms with Gasteiger partial charge >= 0.3 is 6.03 Å². The molecule has 20 heavy (non-hydrogen) atoms. The van der Waals surface area contributed by atoms with Gasteiger partial charge in [-0.05, 0) is 25.8 Å². The van der Waals surface area contributed by atoms with Crippen LogP contribution in [-0.2, 0) is 6.54 Å². The zero-order valence-corrected chi connectivity index (χ0v) is 12.4. The summed E-state index contributed by atoms with van der Waals surface area (Å²) in [5, 5.41) is 11.7. The molecule has 1 unspecified atom stereocenters. The molecule has 1 atom stereocenters. The number of ether oxygens (including phenoxy) is 1. The van der Waals surface area contributed by atoms with Gasteiger partial charge in [-0.15, -0.1) is 0 Å². The van der Waals surface area contributed by atoms with Crippen LogP contribution in [0.1, 0.15) is 25.3 Å². The van der Waals surface area contributed by atoms with Crippen molar-refractivity contribution in [2.24, 2.45) is 0 Å². The molecule has 0 heterocycles. The second-order valence-electron chi connectivity index (χ2n) is 4.88. The molecule has 1 aromatic carbocycles. The lowest BCUT2D eigenvalue weighted by molar-refractivity contribution is 0.200. The largest absolute Gasteiger partial charge is 0.496 e. The molecule has 0 aliphatic rings. The zero-order chi connectivity index (χ0) is 15.0. The van der Waals surface area contributed by atoms with Gasteiger partial charge in [0.15, 0.2) is 0 Å². The maximum Gasteiger partial charge on any atom is 0.317 e. The van der Waals surface area contributed by atoms with E-state index >= 15 is 0 Å². The highest BCUT2D eigenvalue weighted by atomic mass is 16.5. The van der Waals surface area contributed by atoms with Crippen molar-refractivity contribution in [1.29, 1.82) is 0 Å². The van der Waals surface area contributed by atoms with E-state index in [9.17, 15) is 4.79 Å². The SMILES string of the molecule is COc1ccccc1CN(C)C(=O)NC(C)CCCO. The van der Waals surface area contributed by atoms with Gasteiger partial charge < -0.3 is 20.1 Å². The van der Waals surface area contributed by atoms with Gasteiger partial charge in [0.25, 0.3) is 0 Å². The van der Waals surface area contributed by atoms with Crippen LogP contribution in [0, 0.1) is 0 Å². The summed E-state index contributed by atoms with van der Waals surface area (Å²) in [7, 11) is 3.37. The molecule has 0 aliphatic heterocycles. The second-order valence-corrected chi connectivity index (χ2v) is 4.88. The Bertz CT molecular complexity index is 423. The van der Waals surface area contributed by atoms with Gasteiger partial charge in [0, 0.05) is 25.3 Å². The van der Waals surface area contributed by atoms with Crippen LogP contribution in [0.4, 0.5) is 4.79 Å². The lowest BCUT2D eigenvalue weighted by Crippen LogP contribution is -2.41. The fourth-order valence-corrected chi connectivity index (χ4v) is 1.95. The molecule has 5 nitrogen and oxygen atoms in total. The third-order valence-electron chi connectivity index (χ3n) is 3.11. The first-order valence-electron chi connectivity index (χ1n) is 6.82. The summed E-state index contributed by atoms with van der Waals surface area (Å²) >= 11 is 0. The lowest BCUT2D eigenvalue weighted by atomic mass is 10.2. The van der Waals surface area contributed by atoms with Crippen LogP contribution in [-0.4, -0.2) is 42.8 Å². The number of hydrogen-bond donors (Lipinski definition) is 2. The molecule has 0 radical (unpaired) electrons. The number of methoxy groups -OCH3 is 1. The highest BCUT2D eigenvalue weighted by Gasteiger charge is 2.13. The maximum atomic E-state index is 12.0. The number of para-hydroxylation sites is 1. The van der Waals surface area contributed by atoms with Gasteiger partial charge in [-0.3, -0.25) is 0 Å². The molecular formula is C15H24N2O3. The second kappa shape index (κ2) is 8.43. The Hall–Kier alpha value is -1.75. The minimum atomic E-state index is -0.124. The first kappa shape index (κ1) is 16.3. The number of carbonyl (C=O) groups is 1. The zero-order valence-electron chi connectivity index (χ0n) is 12.4. The highest BCUT2D eigenvalue weighted by Crippen LogP contribution is 2.18. The van der Waals surface area contributed by atoms with Crippen LogP contribution in [0.3, 0.4) is 0 Å². The minimum Gasteiger partial charge on any atom is -0.496 e. The summed E-state index contributed by atoms with van der Waals surface area (Å²) < 4.78 is 5.27. The Labute approximate surface area is 120 Å². The number of benzene rings is 1. The molecular weight excluding hydrogens is 256 g/mol. The van der Waals surface area contributed by atoms with E-state index in [0.29, 0.717) is 13.0 Å². The summed E-state index contributed by atoms with van der Waals surface area (Å²) in [6, 6.07) is 7.58. The maximum absolute atomic E-state index is 12.0. The van der Waals surface area contributed by atoms with E-state index < -0.39 is 0 Å². The van der Waals surface area contributed by atoms with Crippen LogP contribution in [0.25, 0.3) is 0 Å². The molecule has 0 aromatic heterocycles. The number of aliphatic hydroxyl groups is 1. The van der Waals surface area contributed by atoms with E-state index in [2.05, 4.69) is 5.32 Å². The van der Waals surface area contributed by atoms with Gasteiger partial charge in [0.2, 0.25) is 0 Å². The Morgan fingerprint density at radius 3 is 2.80 bits per heavy atom. The molecule has 1 rings (SSSR count). The summed E-state index contributed by atoms with van der Waals surface area (Å²) in [6.45, 7) is 2.57. The van der Waals surface area contributed by atoms with Gasteiger partial charge in [-0.2, -0.15) is 0 Å². The van der Waals surface area contributed by atoms with Crippen molar-refractivity contribution in [2.75, 3.05) is 20.8 Å². The molecule has 5 heteroatoms. The number of aliphatic hydroxyl groups excluding tert-OH is 1. The van der Waals surface area contributed by atoms with Crippen molar-refractivity contribution in [3.8, 4) is 5.75 Å². The van der Waals surface area contributed by atoms with Crippen molar-refractivity contribution in [3.05, 3.63) is 29.8 Å². The standard InChI is InChI=1S/C15H24N2O3/c1-12(7-6-10-18)16-15(19)17(2)11-13-8-4-5-9-14(13)20-3/h4-5,8-9,12,18H,6-7,10-11H2,1-3H3,(H,16,19). The molecule has 2 N–H and O–H groups in total. The smallest absolute Gasteiger partial charge is 0.317 e. The van der Waals surface area contributed by atoms with Gasteiger partial charge in [0.1, 0.15) is 5.75 Å². The molecule has 1 aromatic rings. The number of rotatable bonds is 7. The normalized spacial score (nSPS) is 11.8. The number of amides is 2. The molecule has 0 fully saturated rings. The predicted molar refractivity (Wildman–Crippen MR) is 78.8 cm³/mol. The summed E-state index contributed by atoms with van der Waals surface area (Å²) in [5.41, 5.74) is 0.968. The molecule has 112 valence electrons. The topological polar surface area (TPSA) is 61.8 Å². The monoisotopic (exact) mass is 280 g/mol. The number of carbonyl (C=O) groups excluding carboxylic acids is 1. The lowest BCUT2D eigenvalue weighted by Gasteiger charge is -2.22. The van der Waals surface area contributed by atoms with Crippen LogP contribution >= 0.6 is 0 Å². The van der Waals surface area contributed by atoms with Crippen LogP contribution < -0.4 is 10.1 Å². The van der Waals surface area contributed by atoms with E-state index in [1.54, 1.807) is 19.1 Å². The fourth-order valence-electron chi connectivity index (χ4n) is 1.95. The van der Waals surface area contributed by atoms with E-state index in [0.717, 1.165) is 17.7 Å². The Kier molecular flexibility index (Phi) is 6.87. The molecule has 0 bridgehead atoms. The molecule has 0 saturated heterocycles. The van der Waals surface area contributed by atoms with Crippen molar-refractivity contribution < 1.29 is 14.6 Å². The quantitative estimate of drug-likeness (QED) is 0.803. The van der Waals surface area contributed by atoms with Crippen molar-refractivity contribution >= 4 is 6.03 Å². The van der Waals surface area contributed by atoms with E-state index in [4.69, 9.17) is 9.84 Å². The number of urea groups is 1. The molecule has 0 spiro atoms. The van der Waals surface area contributed by atoms with E-state index in [1.807, 2.05) is 31.2 Å². The van der Waals surface area contributed by atoms with Gasteiger partial charge in [0.05, 0.1) is 13.7 Å². The number of hydrogen-bond acceptors (Lipinski definition) is 3. The van der Waals surface area contributed by atoms with Crippen LogP contribution in [0.15, 0.2) is 24.3 Å². The van der Waals surface area contributed by atoms with Crippen LogP contribution in [0.5, 0.6) is 5.75 Å². The van der Waals surface area contributed by atoms with Crippen molar-refractivity contribution in [1.82, 2.24) is 10.2 Å². The average molecular weight is 280 g/mol. The Morgan fingerprint density at radius 1 is 1.45 bits per heavy atom. The molecule has 0 aliphatic carbocycles. The van der Waals surface area contributed by atoms with Gasteiger partial charge in [-0.1, -0.05) is 18.2 Å². The fraction of sp³-hybridized carbons (Fsp3) is 0.533. The van der Waals surface area contributed by atoms with Gasteiger partial charge in [-0.25, -0.2) is 4.79 Å². The Morgan fingerprint density at radius 2 is 2.15 bits per heavy atom. The van der Waals surface area contributed by atoms with Crippen LogP contribution in [0.2, 0.25) is 0 Å². The third kappa shape index (κ3) is 5.09. The summed E-state index contributed by atoms with van der Waals surface area (Å²) in [6.07, 6.45) is 1.46. The van der Waals surface area contributed by atoms with Crippen molar-refractivity contribution in [3.63, 3.8) is 0 Å². The van der Waals surface area contributed by atoms with E-state index in [1.165, 1.54) is 0 Å². The first-order chi connectivity index (χ1) is 9.58. The third-order valence-corrected chi connectivity index (χ3v) is 3.11. The minimum absolute atomic E-state index is 0.0507. The summed E-state index contributed by atoms with van der Waals surface area (Å²) in [4.78, 5) is 13.7. The van der Waals surface area contributed by atoms with Crippen molar-refractivity contribution in [2.45, 2.75) is 32.4 Å². The molecule has 0 saturated carbocycles. The summed E-state index contributed by atoms with van der Waals surface area (Å²) in [5.74, 6) is 0.778. The number of nitrogens with one attached hydrogen (secondary N) is 1. The predicted octanol–water partition coefficient (Wildman–Crippen LogP) is 2.00. The van der Waals surface area contributed by atoms with E-state index in [-0.39, 0.29) is 18.7 Å².